The summed E-state index contributed by atoms with van der Waals surface area (Å²) in [5, 5.41) is 7.99. The first-order chi connectivity index (χ1) is 4.23. The highest BCUT2D eigenvalue weighted by Crippen LogP contribution is 1.85. The molecule has 0 saturated heterocycles. The Balaban J connectivity index is 0.000000148. The van der Waals surface area contributed by atoms with Crippen LogP contribution in [0.3, 0.4) is 0 Å². The van der Waals surface area contributed by atoms with E-state index in [2.05, 4.69) is 16.5 Å². The highest BCUT2D eigenvalue weighted by molar-refractivity contribution is 7.07. The van der Waals surface area contributed by atoms with E-state index in [4.69, 9.17) is 5.41 Å². The highest BCUT2D eigenvalue weighted by atomic mass is 32.1. The molecule has 0 spiro atoms. The molecule has 1 aromatic rings. The second-order valence-electron chi connectivity index (χ2n) is 1.13. The maximum Gasteiger partial charge on any atom is 0.183 e. The first kappa shape index (κ1) is 7.90. The number of rotatable bonds is 0. The van der Waals surface area contributed by atoms with E-state index in [9.17, 15) is 0 Å². The first-order valence-electron chi connectivity index (χ1n) is 2.15. The third-order valence-electron chi connectivity index (χ3n) is 0.347. The molecule has 1 heterocycles. The zero-order chi connectivity index (χ0) is 7.11. The van der Waals surface area contributed by atoms with Crippen molar-refractivity contribution in [3.05, 3.63) is 17.1 Å². The maximum absolute atomic E-state index is 6.06. The normalized spacial score (nSPS) is 7.11. The average molecular weight is 144 g/mol. The Morgan fingerprint density at radius 3 is 2.22 bits per heavy atom. The van der Waals surface area contributed by atoms with Gasteiger partial charge in [0.25, 0.3) is 0 Å². The summed E-state index contributed by atoms with van der Waals surface area (Å²) in [6, 6.07) is 0. The minimum atomic E-state index is -0.333. The fourth-order valence-electron chi connectivity index (χ4n) is 0.176. The largest absolute Gasteiger partial charge is 0.370 e. The van der Waals surface area contributed by atoms with Gasteiger partial charge in [-0.1, -0.05) is 0 Å². The second-order valence-corrected chi connectivity index (χ2v) is 1.89. The number of nitrogens with zero attached hydrogens (tertiary/aromatic N) is 1. The number of nitrogens with one attached hydrogen (secondary N) is 1. The molecule has 0 aliphatic rings. The third-order valence-corrected chi connectivity index (χ3v) is 0.869. The topological polar surface area (TPSA) is 88.8 Å². The monoisotopic (exact) mass is 144 g/mol. The number of aromatic nitrogens is 1. The van der Waals surface area contributed by atoms with E-state index in [0.29, 0.717) is 0 Å². The van der Waals surface area contributed by atoms with Crippen molar-refractivity contribution >= 4 is 17.3 Å². The van der Waals surface area contributed by atoms with Crippen LogP contribution in [-0.4, -0.2) is 10.9 Å². The number of hydrogen-bond donors (Lipinski definition) is 3. The van der Waals surface area contributed by atoms with Crippen molar-refractivity contribution in [3.63, 3.8) is 0 Å². The second kappa shape index (κ2) is 5.04. The van der Waals surface area contributed by atoms with E-state index in [1.807, 2.05) is 5.38 Å². The maximum atomic E-state index is 6.06. The van der Waals surface area contributed by atoms with Crippen molar-refractivity contribution in [3.8, 4) is 0 Å². The van der Waals surface area contributed by atoms with Crippen LogP contribution in [0.5, 0.6) is 0 Å². The van der Waals surface area contributed by atoms with Gasteiger partial charge < -0.3 is 11.5 Å². The molecule has 9 heavy (non-hydrogen) atoms. The molecule has 5 heteroatoms. The van der Waals surface area contributed by atoms with E-state index in [0.717, 1.165) is 0 Å². The lowest BCUT2D eigenvalue weighted by atomic mass is 11.0. The molecule has 0 aromatic carbocycles. The van der Waals surface area contributed by atoms with Crippen LogP contribution >= 0.6 is 11.3 Å². The van der Waals surface area contributed by atoms with Crippen molar-refractivity contribution in [2.75, 3.05) is 0 Å². The summed E-state index contributed by atoms with van der Waals surface area (Å²) in [7, 11) is 0. The highest BCUT2D eigenvalue weighted by Gasteiger charge is 1.59. The van der Waals surface area contributed by atoms with Crippen LogP contribution in [0.4, 0.5) is 0 Å². The van der Waals surface area contributed by atoms with Crippen molar-refractivity contribution in [1.82, 2.24) is 4.98 Å². The summed E-state index contributed by atoms with van der Waals surface area (Å²) >= 11 is 1.60. The fourth-order valence-corrected chi connectivity index (χ4v) is 0.527. The lowest BCUT2D eigenvalue weighted by molar-refractivity contribution is 1.39. The molecule has 0 saturated carbocycles. The van der Waals surface area contributed by atoms with Crippen LogP contribution in [0.1, 0.15) is 0 Å². The van der Waals surface area contributed by atoms with Crippen LogP contribution < -0.4 is 11.5 Å². The van der Waals surface area contributed by atoms with Crippen molar-refractivity contribution in [2.24, 2.45) is 11.5 Å². The molecule has 0 bridgehead atoms. The summed E-state index contributed by atoms with van der Waals surface area (Å²) < 4.78 is 0. The molecular weight excluding hydrogens is 136 g/mol. The van der Waals surface area contributed by atoms with Gasteiger partial charge in [-0.25, -0.2) is 0 Å². The molecule has 1 aromatic heterocycles. The molecule has 0 aliphatic heterocycles. The zero-order valence-electron chi connectivity index (χ0n) is 4.74. The predicted octanol–water partition coefficient (Wildman–Crippen LogP) is -0.0183. The lowest BCUT2D eigenvalue weighted by Crippen LogP contribution is -2.20. The van der Waals surface area contributed by atoms with Gasteiger partial charge in [-0.3, -0.25) is 10.4 Å². The van der Waals surface area contributed by atoms with Gasteiger partial charge in [0, 0.05) is 11.6 Å². The summed E-state index contributed by atoms with van der Waals surface area (Å²) in [6.07, 6.45) is 1.77. The van der Waals surface area contributed by atoms with Crippen LogP contribution in [0.15, 0.2) is 17.1 Å². The van der Waals surface area contributed by atoms with E-state index in [1.165, 1.54) is 0 Å². The van der Waals surface area contributed by atoms with Crippen LogP contribution in [0, 0.1) is 5.41 Å². The van der Waals surface area contributed by atoms with E-state index >= 15 is 0 Å². The van der Waals surface area contributed by atoms with Crippen molar-refractivity contribution in [2.45, 2.75) is 0 Å². The first-order valence-corrected chi connectivity index (χ1v) is 3.09. The smallest absolute Gasteiger partial charge is 0.183 e. The zero-order valence-corrected chi connectivity index (χ0v) is 5.56. The molecule has 5 N–H and O–H groups in total. The van der Waals surface area contributed by atoms with Gasteiger partial charge in [-0.2, -0.15) is 0 Å². The Kier molecular flexibility index (Phi) is 4.43. The summed E-state index contributed by atoms with van der Waals surface area (Å²) in [4.78, 5) is 3.74. The van der Waals surface area contributed by atoms with E-state index < -0.39 is 0 Å². The summed E-state index contributed by atoms with van der Waals surface area (Å²) in [6.45, 7) is 0. The predicted molar refractivity (Wildman–Crippen MR) is 38.2 cm³/mol. The molecule has 4 nitrogen and oxygen atoms in total. The van der Waals surface area contributed by atoms with Gasteiger partial charge in [0.15, 0.2) is 5.96 Å². The van der Waals surface area contributed by atoms with Gasteiger partial charge >= 0.3 is 0 Å². The Morgan fingerprint density at radius 1 is 1.56 bits per heavy atom. The van der Waals surface area contributed by atoms with Gasteiger partial charge in [-0.15, -0.1) is 11.3 Å². The van der Waals surface area contributed by atoms with Crippen LogP contribution in [0.25, 0.3) is 0 Å². The molecule has 0 atom stereocenters. The Morgan fingerprint density at radius 2 is 2.11 bits per heavy atom. The molecule has 50 valence electrons. The minimum Gasteiger partial charge on any atom is -0.370 e. The molecule has 0 fully saturated rings. The SMILES string of the molecule is N=C(N)N.c1cscn1. The molecule has 0 aliphatic carbocycles. The third kappa shape index (κ3) is 10.9. The number of thiazole rings is 1. The summed E-state index contributed by atoms with van der Waals surface area (Å²) in [5.41, 5.74) is 10.7. The van der Waals surface area contributed by atoms with Gasteiger partial charge in [0.1, 0.15) is 0 Å². The molecule has 0 radical (unpaired) electrons. The Labute approximate surface area is 57.0 Å². The standard InChI is InChI=1S/C3H3NS.CH5N3/c1-2-5-3-4-1;2-1(3)4/h1-3H;(H5,2,3,4). The molecule has 0 amide bonds. The van der Waals surface area contributed by atoms with E-state index in [1.54, 1.807) is 23.0 Å². The molecular formula is C4H8N4S. The number of guanidine groups is 1. The van der Waals surface area contributed by atoms with Gasteiger partial charge in [0.05, 0.1) is 5.51 Å². The Hall–Kier alpha value is -1.10. The molecule has 0 unspecified atom stereocenters. The van der Waals surface area contributed by atoms with E-state index in [-0.39, 0.29) is 5.96 Å². The van der Waals surface area contributed by atoms with Crippen LogP contribution in [-0.2, 0) is 0 Å². The number of hydrogen-bond acceptors (Lipinski definition) is 3. The minimum absolute atomic E-state index is 0.333. The molecule has 1 rings (SSSR count). The van der Waals surface area contributed by atoms with Gasteiger partial charge in [-0.05, 0) is 0 Å². The summed E-state index contributed by atoms with van der Waals surface area (Å²) in [5.74, 6) is -0.333. The van der Waals surface area contributed by atoms with Gasteiger partial charge in [0.2, 0.25) is 0 Å². The average Bonchev–Trinajstić information content (AvgIpc) is 2.11. The van der Waals surface area contributed by atoms with Crippen molar-refractivity contribution < 1.29 is 0 Å². The number of nitrogens with two attached hydrogens (primary N) is 2. The lowest BCUT2D eigenvalue weighted by Gasteiger charge is -1.69. The van der Waals surface area contributed by atoms with Crippen molar-refractivity contribution in [1.29, 1.82) is 5.41 Å². The van der Waals surface area contributed by atoms with Crippen LogP contribution in [0.2, 0.25) is 0 Å². The fraction of sp³-hybridized carbons (Fsp3) is 0. The quantitative estimate of drug-likeness (QED) is 0.353. The Bertz CT molecular complexity index is 126.